The highest BCUT2D eigenvalue weighted by molar-refractivity contribution is 6.46. The van der Waals surface area contributed by atoms with Gasteiger partial charge in [-0.3, -0.25) is 9.59 Å². The van der Waals surface area contributed by atoms with E-state index >= 15 is 0 Å². The van der Waals surface area contributed by atoms with E-state index in [0.717, 1.165) is 41.8 Å². The first-order chi connectivity index (χ1) is 16.8. The molecule has 1 amide bonds. The minimum absolute atomic E-state index is 0.104. The number of aliphatic hydroxyl groups is 1. The standard InChI is InChI=1S/C28H34N2O5/c1-5-14-35-23-13-10-20(16-18(23)2)26(31)24-25(19-8-11-21(12-9-19)29(3)4)30(28(33)27(24)32)17-22-7-6-15-34-22/h8-13,16,22,25,31H,5-7,14-15,17H2,1-4H3/b26-24-. The van der Waals surface area contributed by atoms with Gasteiger partial charge in [0.1, 0.15) is 11.5 Å². The number of anilines is 1. The van der Waals surface area contributed by atoms with Crippen LogP contribution in [-0.2, 0) is 14.3 Å². The second-order valence-corrected chi connectivity index (χ2v) is 9.40. The normalized spacial score (nSPS) is 21.5. The van der Waals surface area contributed by atoms with Crippen LogP contribution in [0.5, 0.6) is 5.75 Å². The molecule has 2 aromatic carbocycles. The summed E-state index contributed by atoms with van der Waals surface area (Å²) in [4.78, 5) is 30.0. The van der Waals surface area contributed by atoms with Gasteiger partial charge in [-0.1, -0.05) is 19.1 Å². The molecule has 2 fully saturated rings. The van der Waals surface area contributed by atoms with Gasteiger partial charge in [0.05, 0.1) is 24.3 Å². The molecule has 2 aliphatic heterocycles. The Bertz CT molecular complexity index is 1120. The number of benzene rings is 2. The van der Waals surface area contributed by atoms with Crippen LogP contribution in [0.25, 0.3) is 5.76 Å². The summed E-state index contributed by atoms with van der Waals surface area (Å²) in [5.74, 6) is -0.724. The van der Waals surface area contributed by atoms with Crippen LogP contribution in [0.4, 0.5) is 5.69 Å². The topological polar surface area (TPSA) is 79.3 Å². The molecule has 2 unspecified atom stereocenters. The average Bonchev–Trinajstić information content (AvgIpc) is 3.45. The Morgan fingerprint density at radius 3 is 2.51 bits per heavy atom. The molecule has 0 spiro atoms. The van der Waals surface area contributed by atoms with Crippen LogP contribution in [0.3, 0.4) is 0 Å². The van der Waals surface area contributed by atoms with Gasteiger partial charge in [-0.05, 0) is 67.6 Å². The van der Waals surface area contributed by atoms with E-state index in [1.807, 2.05) is 57.1 Å². The smallest absolute Gasteiger partial charge is 0.295 e. The molecule has 1 N–H and O–H groups in total. The van der Waals surface area contributed by atoms with Crippen molar-refractivity contribution in [3.05, 3.63) is 64.7 Å². The van der Waals surface area contributed by atoms with Crippen molar-refractivity contribution in [2.75, 3.05) is 38.8 Å². The Hall–Kier alpha value is -3.32. The fourth-order valence-electron chi connectivity index (χ4n) is 4.70. The zero-order valence-electron chi connectivity index (χ0n) is 20.9. The van der Waals surface area contributed by atoms with Crippen LogP contribution in [0.2, 0.25) is 0 Å². The molecule has 0 radical (unpaired) electrons. The van der Waals surface area contributed by atoms with Gasteiger partial charge in [-0.15, -0.1) is 0 Å². The van der Waals surface area contributed by atoms with Crippen LogP contribution in [-0.4, -0.2) is 61.7 Å². The minimum atomic E-state index is -0.688. The summed E-state index contributed by atoms with van der Waals surface area (Å²) in [6, 6.07) is 12.4. The predicted molar refractivity (Wildman–Crippen MR) is 136 cm³/mol. The first kappa shape index (κ1) is 24.8. The molecule has 2 saturated heterocycles. The molecule has 35 heavy (non-hydrogen) atoms. The van der Waals surface area contributed by atoms with Crippen LogP contribution in [0, 0.1) is 6.92 Å². The monoisotopic (exact) mass is 478 g/mol. The zero-order valence-corrected chi connectivity index (χ0v) is 20.9. The maximum absolute atomic E-state index is 13.3. The Morgan fingerprint density at radius 1 is 1.17 bits per heavy atom. The number of likely N-dealkylation sites (tertiary alicyclic amines) is 1. The number of carbonyl (C=O) groups is 2. The lowest BCUT2D eigenvalue weighted by atomic mass is 9.94. The summed E-state index contributed by atoms with van der Waals surface area (Å²) in [5, 5.41) is 11.4. The summed E-state index contributed by atoms with van der Waals surface area (Å²) in [7, 11) is 3.91. The molecular formula is C28H34N2O5. The quantitative estimate of drug-likeness (QED) is 0.343. The number of ketones is 1. The molecule has 2 atom stereocenters. The molecule has 186 valence electrons. The molecule has 7 heteroatoms. The molecule has 0 aromatic heterocycles. The van der Waals surface area contributed by atoms with E-state index in [9.17, 15) is 14.7 Å². The van der Waals surface area contributed by atoms with Crippen LogP contribution >= 0.6 is 0 Å². The molecule has 2 aromatic rings. The number of Topliss-reactive ketones (excluding diaryl/α,β-unsaturated/α-hetero) is 1. The number of hydrogen-bond donors (Lipinski definition) is 1. The molecule has 0 bridgehead atoms. The van der Waals surface area contributed by atoms with Gasteiger partial charge in [0, 0.05) is 38.5 Å². The van der Waals surface area contributed by atoms with Gasteiger partial charge >= 0.3 is 0 Å². The molecule has 2 heterocycles. The van der Waals surface area contributed by atoms with Gasteiger partial charge in [0.2, 0.25) is 0 Å². The van der Waals surface area contributed by atoms with Crippen molar-refractivity contribution in [2.24, 2.45) is 0 Å². The van der Waals surface area contributed by atoms with Crippen molar-refractivity contribution in [1.29, 1.82) is 0 Å². The summed E-state index contributed by atoms with van der Waals surface area (Å²) < 4.78 is 11.5. The Labute approximate surface area is 206 Å². The number of hydrogen-bond acceptors (Lipinski definition) is 6. The van der Waals surface area contributed by atoms with Crippen LogP contribution in [0.1, 0.15) is 48.9 Å². The molecule has 4 rings (SSSR count). The highest BCUT2D eigenvalue weighted by Crippen LogP contribution is 2.41. The van der Waals surface area contributed by atoms with Crippen molar-refractivity contribution in [1.82, 2.24) is 4.90 Å². The number of amides is 1. The maximum Gasteiger partial charge on any atom is 0.295 e. The van der Waals surface area contributed by atoms with E-state index in [0.29, 0.717) is 25.3 Å². The van der Waals surface area contributed by atoms with E-state index in [-0.39, 0.29) is 17.4 Å². The molecule has 0 saturated carbocycles. The second-order valence-electron chi connectivity index (χ2n) is 9.40. The third-order valence-corrected chi connectivity index (χ3v) is 6.60. The van der Waals surface area contributed by atoms with E-state index < -0.39 is 17.7 Å². The van der Waals surface area contributed by atoms with Gasteiger partial charge < -0.3 is 24.4 Å². The first-order valence-corrected chi connectivity index (χ1v) is 12.2. The summed E-state index contributed by atoms with van der Waals surface area (Å²) in [6.07, 6.45) is 2.55. The SMILES string of the molecule is CCCOc1ccc(/C(O)=C2/C(=O)C(=O)N(CC3CCCO3)C2c2ccc(N(C)C)cc2)cc1C. The van der Waals surface area contributed by atoms with E-state index in [1.54, 1.807) is 23.1 Å². The number of rotatable bonds is 8. The highest BCUT2D eigenvalue weighted by Gasteiger charge is 2.47. The van der Waals surface area contributed by atoms with Crippen molar-refractivity contribution in [3.8, 4) is 5.75 Å². The number of ether oxygens (including phenoxy) is 2. The van der Waals surface area contributed by atoms with Gasteiger partial charge in [-0.2, -0.15) is 0 Å². The first-order valence-electron chi connectivity index (χ1n) is 12.2. The number of carbonyl (C=O) groups excluding carboxylic acids is 2. The van der Waals surface area contributed by atoms with Gasteiger partial charge in [0.25, 0.3) is 11.7 Å². The Morgan fingerprint density at radius 2 is 1.91 bits per heavy atom. The Balaban J connectivity index is 1.77. The van der Waals surface area contributed by atoms with Crippen molar-refractivity contribution in [3.63, 3.8) is 0 Å². The van der Waals surface area contributed by atoms with Gasteiger partial charge in [-0.25, -0.2) is 0 Å². The van der Waals surface area contributed by atoms with Crippen molar-refractivity contribution >= 4 is 23.1 Å². The highest BCUT2D eigenvalue weighted by atomic mass is 16.5. The zero-order chi connectivity index (χ0) is 25.1. The third-order valence-electron chi connectivity index (χ3n) is 6.60. The van der Waals surface area contributed by atoms with Crippen LogP contribution in [0.15, 0.2) is 48.0 Å². The minimum Gasteiger partial charge on any atom is -0.507 e. The molecular weight excluding hydrogens is 444 g/mol. The van der Waals surface area contributed by atoms with E-state index in [4.69, 9.17) is 9.47 Å². The van der Waals surface area contributed by atoms with E-state index in [1.165, 1.54) is 0 Å². The largest absolute Gasteiger partial charge is 0.507 e. The molecule has 2 aliphatic rings. The Kier molecular flexibility index (Phi) is 7.45. The van der Waals surface area contributed by atoms with E-state index in [2.05, 4.69) is 0 Å². The number of nitrogens with zero attached hydrogens (tertiary/aromatic N) is 2. The molecule has 0 aliphatic carbocycles. The second kappa shape index (κ2) is 10.5. The lowest BCUT2D eigenvalue weighted by molar-refractivity contribution is -0.140. The lowest BCUT2D eigenvalue weighted by Crippen LogP contribution is -2.36. The van der Waals surface area contributed by atoms with Crippen molar-refractivity contribution in [2.45, 2.75) is 45.3 Å². The molecule has 7 nitrogen and oxygen atoms in total. The average molecular weight is 479 g/mol. The lowest BCUT2D eigenvalue weighted by Gasteiger charge is -2.28. The maximum atomic E-state index is 13.3. The summed E-state index contributed by atoms with van der Waals surface area (Å²) in [6.45, 7) is 5.50. The number of aliphatic hydroxyl groups excluding tert-OH is 1. The predicted octanol–water partition coefficient (Wildman–Crippen LogP) is 4.45. The summed E-state index contributed by atoms with van der Waals surface area (Å²) in [5.41, 5.74) is 3.21. The third kappa shape index (κ3) is 5.05. The van der Waals surface area contributed by atoms with Crippen molar-refractivity contribution < 1.29 is 24.2 Å². The van der Waals surface area contributed by atoms with Crippen LogP contribution < -0.4 is 9.64 Å². The fraction of sp³-hybridized carbons (Fsp3) is 0.429. The number of aryl methyl sites for hydroxylation is 1. The fourth-order valence-corrected chi connectivity index (χ4v) is 4.70. The van der Waals surface area contributed by atoms with Gasteiger partial charge in [0.15, 0.2) is 0 Å². The summed E-state index contributed by atoms with van der Waals surface area (Å²) >= 11 is 0.